The molecule has 0 aliphatic carbocycles. The number of carboxylic acid groups (broad SMARTS) is 2. The first kappa shape index (κ1) is 17.3. The summed E-state index contributed by atoms with van der Waals surface area (Å²) in [5.41, 5.74) is 0.662. The molecule has 4 nitrogen and oxygen atoms in total. The maximum Gasteiger partial charge on any atom is 0.335 e. The molecule has 0 heterocycles. The van der Waals surface area contributed by atoms with Crippen LogP contribution in [0.15, 0.2) is 60.7 Å². The Morgan fingerprint density at radius 1 is 0.632 bits per heavy atom. The van der Waals surface area contributed by atoms with Crippen LogP contribution in [0.25, 0.3) is 0 Å². The summed E-state index contributed by atoms with van der Waals surface area (Å²) in [7, 11) is 0. The monoisotopic (exact) mass is 358 g/mol. The molecule has 0 aliphatic heterocycles. The number of hydrogen-bond acceptors (Lipinski definition) is 2. The molecule has 0 aliphatic rings. The van der Waals surface area contributed by atoms with Gasteiger partial charge in [-0.25, -0.2) is 9.59 Å². The minimum Gasteiger partial charge on any atom is -0.478 e. The fourth-order valence-electron chi connectivity index (χ4n) is 1.16. The summed E-state index contributed by atoms with van der Waals surface area (Å²) >= 11 is 0. The van der Waals surface area contributed by atoms with Crippen molar-refractivity contribution in [1.29, 1.82) is 0 Å². The van der Waals surface area contributed by atoms with Gasteiger partial charge in [-0.1, -0.05) is 36.4 Å². The average molecular weight is 357 g/mol. The summed E-state index contributed by atoms with van der Waals surface area (Å²) in [6, 6.07) is 16.6. The van der Waals surface area contributed by atoms with Crippen molar-refractivity contribution in [3.05, 3.63) is 71.8 Å². The third kappa shape index (κ3) is 6.70. The van der Waals surface area contributed by atoms with Crippen LogP contribution >= 0.6 is 0 Å². The molecule has 0 bridgehead atoms. The Morgan fingerprint density at radius 2 is 0.895 bits per heavy atom. The second-order valence-corrected chi connectivity index (χ2v) is 3.34. The van der Waals surface area contributed by atoms with E-state index in [4.69, 9.17) is 10.2 Å². The number of hydrogen-bond donors (Lipinski definition) is 2. The zero-order valence-electron chi connectivity index (χ0n) is 10.2. The third-order valence-electron chi connectivity index (χ3n) is 2.04. The molecule has 0 spiro atoms. The van der Waals surface area contributed by atoms with Crippen LogP contribution in [0.2, 0.25) is 0 Å². The molecule has 0 radical (unpaired) electrons. The molecule has 2 N–H and O–H groups in total. The molecular formula is C14H12CdO4. The van der Waals surface area contributed by atoms with Crippen LogP contribution in [0.3, 0.4) is 0 Å². The zero-order valence-corrected chi connectivity index (χ0v) is 14.2. The van der Waals surface area contributed by atoms with E-state index in [2.05, 4.69) is 0 Å². The van der Waals surface area contributed by atoms with Gasteiger partial charge >= 0.3 is 11.9 Å². The van der Waals surface area contributed by atoms with Crippen molar-refractivity contribution in [2.24, 2.45) is 0 Å². The minimum absolute atomic E-state index is 0. The molecule has 0 saturated carbocycles. The molecule has 19 heavy (non-hydrogen) atoms. The third-order valence-corrected chi connectivity index (χ3v) is 2.04. The first-order valence-electron chi connectivity index (χ1n) is 5.18. The summed E-state index contributed by atoms with van der Waals surface area (Å²) < 4.78 is 0. The standard InChI is InChI=1S/2C7H6O2.Cd/c2*8-7(9)6-4-2-1-3-5-6;/h2*1-5H,(H,8,9);. The van der Waals surface area contributed by atoms with Crippen molar-refractivity contribution in [1.82, 2.24) is 0 Å². The molecule has 0 atom stereocenters. The van der Waals surface area contributed by atoms with Crippen molar-refractivity contribution >= 4 is 11.9 Å². The van der Waals surface area contributed by atoms with Gasteiger partial charge in [0.15, 0.2) is 0 Å². The van der Waals surface area contributed by atoms with E-state index in [0.29, 0.717) is 11.1 Å². The van der Waals surface area contributed by atoms with Crippen LogP contribution in [0, 0.1) is 0 Å². The first-order chi connectivity index (χ1) is 8.61. The van der Waals surface area contributed by atoms with Gasteiger partial charge in [0.2, 0.25) is 0 Å². The smallest absolute Gasteiger partial charge is 0.335 e. The van der Waals surface area contributed by atoms with Crippen LogP contribution in [0.1, 0.15) is 20.7 Å². The molecule has 0 fully saturated rings. The van der Waals surface area contributed by atoms with E-state index < -0.39 is 11.9 Å². The molecule has 94 valence electrons. The van der Waals surface area contributed by atoms with Gasteiger partial charge in [0, 0.05) is 27.3 Å². The van der Waals surface area contributed by atoms with Crippen molar-refractivity contribution in [3.8, 4) is 0 Å². The van der Waals surface area contributed by atoms with Crippen LogP contribution in [-0.4, -0.2) is 22.2 Å². The fourth-order valence-corrected chi connectivity index (χ4v) is 1.16. The number of rotatable bonds is 2. The fraction of sp³-hybridized carbons (Fsp3) is 0. The van der Waals surface area contributed by atoms with E-state index in [1.165, 1.54) is 0 Å². The van der Waals surface area contributed by atoms with E-state index in [9.17, 15) is 9.59 Å². The number of carboxylic acids is 2. The van der Waals surface area contributed by atoms with Crippen molar-refractivity contribution < 1.29 is 47.1 Å². The van der Waals surface area contributed by atoms with Crippen LogP contribution in [0.4, 0.5) is 0 Å². The summed E-state index contributed by atoms with van der Waals surface area (Å²) in [5.74, 6) is -1.76. The molecule has 5 heteroatoms. The number of benzene rings is 2. The van der Waals surface area contributed by atoms with Gasteiger partial charge in [0.25, 0.3) is 0 Å². The Kier molecular flexibility index (Phi) is 8.43. The van der Waals surface area contributed by atoms with Gasteiger partial charge in [-0.2, -0.15) is 0 Å². The molecule has 0 unspecified atom stereocenters. The Morgan fingerprint density at radius 3 is 1.05 bits per heavy atom. The van der Waals surface area contributed by atoms with E-state index >= 15 is 0 Å². The van der Waals surface area contributed by atoms with Crippen molar-refractivity contribution in [2.75, 3.05) is 0 Å². The van der Waals surface area contributed by atoms with Gasteiger partial charge in [-0.15, -0.1) is 0 Å². The summed E-state index contributed by atoms with van der Waals surface area (Å²) in [6.07, 6.45) is 0. The summed E-state index contributed by atoms with van der Waals surface area (Å²) in [6.45, 7) is 0. The van der Waals surface area contributed by atoms with E-state index in [1.807, 2.05) is 0 Å². The molecule has 2 aromatic rings. The van der Waals surface area contributed by atoms with E-state index in [-0.39, 0.29) is 27.3 Å². The van der Waals surface area contributed by atoms with E-state index in [1.54, 1.807) is 60.7 Å². The van der Waals surface area contributed by atoms with Crippen molar-refractivity contribution in [3.63, 3.8) is 0 Å². The predicted molar refractivity (Wildman–Crippen MR) is 66.8 cm³/mol. The normalized spacial score (nSPS) is 8.42. The van der Waals surface area contributed by atoms with Crippen LogP contribution in [-0.2, 0) is 27.3 Å². The predicted octanol–water partition coefficient (Wildman–Crippen LogP) is 2.77. The van der Waals surface area contributed by atoms with Gasteiger partial charge < -0.3 is 10.2 Å². The Balaban J connectivity index is 0.000000324. The molecular weight excluding hydrogens is 345 g/mol. The second kappa shape index (κ2) is 9.26. The zero-order chi connectivity index (χ0) is 13.4. The summed E-state index contributed by atoms with van der Waals surface area (Å²) in [4.78, 5) is 20.4. The SMILES string of the molecule is O=C(O)c1ccccc1.O=C(O)c1ccccc1.[Cd]. The van der Waals surface area contributed by atoms with E-state index in [0.717, 1.165) is 0 Å². The molecule has 0 aromatic heterocycles. The van der Waals surface area contributed by atoms with Gasteiger partial charge in [-0.05, 0) is 24.3 Å². The average Bonchev–Trinajstić information content (AvgIpc) is 2.41. The first-order valence-corrected chi connectivity index (χ1v) is 5.18. The largest absolute Gasteiger partial charge is 0.478 e. The molecule has 0 saturated heterocycles. The quantitative estimate of drug-likeness (QED) is 0.811. The van der Waals surface area contributed by atoms with Gasteiger partial charge in [-0.3, -0.25) is 0 Å². The molecule has 0 amide bonds. The molecule has 2 rings (SSSR count). The second-order valence-electron chi connectivity index (χ2n) is 3.34. The Hall–Kier alpha value is -1.70. The Bertz CT molecular complexity index is 462. The number of carbonyl (C=O) groups is 2. The number of aromatic carboxylic acids is 2. The van der Waals surface area contributed by atoms with Crippen molar-refractivity contribution in [2.45, 2.75) is 0 Å². The van der Waals surface area contributed by atoms with Gasteiger partial charge in [0.1, 0.15) is 0 Å². The Labute approximate surface area is 130 Å². The maximum atomic E-state index is 10.2. The minimum atomic E-state index is -0.879. The van der Waals surface area contributed by atoms with Crippen LogP contribution in [0.5, 0.6) is 0 Å². The topological polar surface area (TPSA) is 74.6 Å². The van der Waals surface area contributed by atoms with Crippen LogP contribution < -0.4 is 0 Å². The maximum absolute atomic E-state index is 10.2. The summed E-state index contributed by atoms with van der Waals surface area (Å²) in [5, 5.41) is 16.8. The molecule has 2 aromatic carbocycles. The van der Waals surface area contributed by atoms with Gasteiger partial charge in [0.05, 0.1) is 11.1 Å².